The molecule has 1 heterocycles. The van der Waals surface area contributed by atoms with Crippen molar-refractivity contribution < 1.29 is 5.11 Å². The lowest BCUT2D eigenvalue weighted by Crippen LogP contribution is -2.48. The van der Waals surface area contributed by atoms with Crippen molar-refractivity contribution in [3.05, 3.63) is 0 Å². The highest BCUT2D eigenvalue weighted by Crippen LogP contribution is 2.20. The van der Waals surface area contributed by atoms with Gasteiger partial charge in [-0.25, -0.2) is 0 Å². The van der Waals surface area contributed by atoms with Gasteiger partial charge in [-0.3, -0.25) is 0 Å². The van der Waals surface area contributed by atoms with E-state index in [4.69, 9.17) is 0 Å². The normalized spacial score (nSPS) is 24.9. The first-order chi connectivity index (χ1) is 9.17. The number of rotatable bonds is 8. The van der Waals surface area contributed by atoms with Crippen molar-refractivity contribution in [2.24, 2.45) is 0 Å². The fourth-order valence-electron chi connectivity index (χ4n) is 3.30. The van der Waals surface area contributed by atoms with E-state index in [1.807, 2.05) is 0 Å². The van der Waals surface area contributed by atoms with Crippen LogP contribution >= 0.6 is 0 Å². The Morgan fingerprint density at radius 2 is 2.05 bits per heavy atom. The lowest BCUT2D eigenvalue weighted by molar-refractivity contribution is 0.135. The predicted molar refractivity (Wildman–Crippen MR) is 82.5 cm³/mol. The maximum atomic E-state index is 9.67. The zero-order valence-electron chi connectivity index (χ0n) is 13.2. The summed E-state index contributed by atoms with van der Waals surface area (Å²) in [6.45, 7) is 10.3. The molecule has 0 aliphatic carbocycles. The summed E-state index contributed by atoms with van der Waals surface area (Å²) in [5.74, 6) is 0. The highest BCUT2D eigenvalue weighted by Gasteiger charge is 2.26. The second-order valence-electron chi connectivity index (χ2n) is 6.16. The molecule has 2 N–H and O–H groups in total. The van der Waals surface area contributed by atoms with Crippen molar-refractivity contribution >= 4 is 0 Å². The summed E-state index contributed by atoms with van der Waals surface area (Å²) in [5.41, 5.74) is -0.0517. The van der Waals surface area contributed by atoms with E-state index >= 15 is 0 Å². The molecule has 0 saturated carbocycles. The number of hydrogen-bond acceptors (Lipinski definition) is 3. The summed E-state index contributed by atoms with van der Waals surface area (Å²) in [6, 6.07) is 0.742. The van der Waals surface area contributed by atoms with Crippen molar-refractivity contribution in [2.75, 3.05) is 26.2 Å². The number of nitrogens with zero attached hydrogens (tertiary/aromatic N) is 1. The number of aliphatic hydroxyl groups is 1. The average molecular weight is 270 g/mol. The highest BCUT2D eigenvalue weighted by atomic mass is 16.3. The Hall–Kier alpha value is -0.120. The molecule has 0 radical (unpaired) electrons. The Kier molecular flexibility index (Phi) is 7.96. The van der Waals surface area contributed by atoms with Crippen LogP contribution in [0.4, 0.5) is 0 Å². The molecule has 1 fully saturated rings. The molecule has 0 spiro atoms. The molecule has 3 heteroatoms. The van der Waals surface area contributed by atoms with Gasteiger partial charge in [-0.2, -0.15) is 0 Å². The van der Waals surface area contributed by atoms with E-state index in [1.165, 1.54) is 45.2 Å². The molecule has 1 rings (SSSR count). The summed E-state index contributed by atoms with van der Waals surface area (Å²) in [4.78, 5) is 2.65. The van der Waals surface area contributed by atoms with Crippen LogP contribution in [0.1, 0.15) is 65.7 Å². The molecular formula is C16H34N2O. The molecule has 19 heavy (non-hydrogen) atoms. The summed E-state index contributed by atoms with van der Waals surface area (Å²) >= 11 is 0. The molecular weight excluding hydrogens is 236 g/mol. The number of aliphatic hydroxyl groups excluding tert-OH is 1. The van der Waals surface area contributed by atoms with Gasteiger partial charge in [-0.15, -0.1) is 0 Å². The van der Waals surface area contributed by atoms with Gasteiger partial charge in [0.25, 0.3) is 0 Å². The van der Waals surface area contributed by atoms with Gasteiger partial charge in [0.15, 0.2) is 0 Å². The molecule has 0 aromatic carbocycles. The van der Waals surface area contributed by atoms with Crippen LogP contribution in [0, 0.1) is 0 Å². The average Bonchev–Trinajstić information content (AvgIpc) is 2.63. The minimum Gasteiger partial charge on any atom is -0.394 e. The second-order valence-corrected chi connectivity index (χ2v) is 6.16. The Labute approximate surface area is 119 Å². The molecule has 3 nitrogen and oxygen atoms in total. The second kappa shape index (κ2) is 8.93. The van der Waals surface area contributed by atoms with E-state index in [2.05, 4.69) is 31.0 Å². The zero-order valence-corrected chi connectivity index (χ0v) is 13.2. The quantitative estimate of drug-likeness (QED) is 0.712. The zero-order chi connectivity index (χ0) is 14.1. The fraction of sp³-hybridized carbons (Fsp3) is 1.00. The van der Waals surface area contributed by atoms with Gasteiger partial charge < -0.3 is 15.3 Å². The number of hydrogen-bond donors (Lipinski definition) is 2. The molecule has 114 valence electrons. The van der Waals surface area contributed by atoms with Crippen LogP contribution in [0.25, 0.3) is 0 Å². The molecule has 0 amide bonds. The van der Waals surface area contributed by atoms with E-state index in [1.54, 1.807) is 0 Å². The van der Waals surface area contributed by atoms with Gasteiger partial charge in [-0.1, -0.05) is 26.7 Å². The molecule has 1 aliphatic rings. The molecule has 0 aromatic rings. The Bertz CT molecular complexity index is 229. The van der Waals surface area contributed by atoms with Crippen LogP contribution in [0.3, 0.4) is 0 Å². The third-order valence-electron chi connectivity index (χ3n) is 4.82. The number of likely N-dealkylation sites (tertiary alicyclic amines) is 1. The third-order valence-corrected chi connectivity index (χ3v) is 4.82. The monoisotopic (exact) mass is 270 g/mol. The Morgan fingerprint density at radius 1 is 1.26 bits per heavy atom. The Balaban J connectivity index is 2.37. The minimum atomic E-state index is -0.0517. The van der Waals surface area contributed by atoms with Crippen LogP contribution in [0.2, 0.25) is 0 Å². The van der Waals surface area contributed by atoms with Crippen molar-refractivity contribution in [1.82, 2.24) is 10.2 Å². The number of likely N-dealkylation sites (N-methyl/N-ethyl adjacent to an activating group) is 1. The lowest BCUT2D eigenvalue weighted by Gasteiger charge is -2.34. The molecule has 2 unspecified atom stereocenters. The topological polar surface area (TPSA) is 35.5 Å². The van der Waals surface area contributed by atoms with Gasteiger partial charge in [0.1, 0.15) is 0 Å². The number of nitrogens with one attached hydrogen (secondary N) is 1. The van der Waals surface area contributed by atoms with Crippen LogP contribution in [0.15, 0.2) is 0 Å². The van der Waals surface area contributed by atoms with Crippen LogP contribution < -0.4 is 5.32 Å². The smallest absolute Gasteiger partial charge is 0.0613 e. The predicted octanol–water partition coefficient (Wildman–Crippen LogP) is 2.78. The SMILES string of the molecule is CCNC(CC)(CO)CCCN1CCCCCC1C. The molecule has 0 aromatic heterocycles. The van der Waals surface area contributed by atoms with Gasteiger partial charge in [0, 0.05) is 11.6 Å². The lowest BCUT2D eigenvalue weighted by atomic mass is 9.91. The van der Waals surface area contributed by atoms with Crippen LogP contribution in [-0.2, 0) is 0 Å². The van der Waals surface area contributed by atoms with Crippen molar-refractivity contribution in [3.8, 4) is 0 Å². The standard InChI is InChI=1S/C16H34N2O/c1-4-16(14-19,17-5-2)11-9-13-18-12-8-6-7-10-15(18)3/h15,17,19H,4-14H2,1-3H3. The van der Waals surface area contributed by atoms with E-state index in [0.717, 1.165) is 25.4 Å². The van der Waals surface area contributed by atoms with Gasteiger partial charge in [0.2, 0.25) is 0 Å². The highest BCUT2D eigenvalue weighted by molar-refractivity contribution is 4.86. The maximum Gasteiger partial charge on any atom is 0.0613 e. The van der Waals surface area contributed by atoms with E-state index in [0.29, 0.717) is 0 Å². The first kappa shape index (κ1) is 16.9. The summed E-state index contributed by atoms with van der Waals surface area (Å²) in [6.07, 6.45) is 8.77. The van der Waals surface area contributed by atoms with Crippen molar-refractivity contribution in [2.45, 2.75) is 77.3 Å². The minimum absolute atomic E-state index is 0.0517. The third kappa shape index (κ3) is 5.41. The fourth-order valence-corrected chi connectivity index (χ4v) is 3.30. The molecule has 1 aliphatic heterocycles. The largest absolute Gasteiger partial charge is 0.394 e. The van der Waals surface area contributed by atoms with Crippen LogP contribution in [-0.4, -0.2) is 47.8 Å². The summed E-state index contributed by atoms with van der Waals surface area (Å²) in [7, 11) is 0. The summed E-state index contributed by atoms with van der Waals surface area (Å²) < 4.78 is 0. The first-order valence-electron chi connectivity index (χ1n) is 8.27. The summed E-state index contributed by atoms with van der Waals surface area (Å²) in [5, 5.41) is 13.2. The molecule has 1 saturated heterocycles. The van der Waals surface area contributed by atoms with E-state index in [-0.39, 0.29) is 12.1 Å². The van der Waals surface area contributed by atoms with Crippen molar-refractivity contribution in [3.63, 3.8) is 0 Å². The van der Waals surface area contributed by atoms with Gasteiger partial charge in [0.05, 0.1) is 6.61 Å². The van der Waals surface area contributed by atoms with Crippen molar-refractivity contribution in [1.29, 1.82) is 0 Å². The van der Waals surface area contributed by atoms with E-state index in [9.17, 15) is 5.11 Å². The van der Waals surface area contributed by atoms with Gasteiger partial charge >= 0.3 is 0 Å². The van der Waals surface area contributed by atoms with Gasteiger partial charge in [-0.05, 0) is 58.7 Å². The maximum absolute atomic E-state index is 9.67. The first-order valence-corrected chi connectivity index (χ1v) is 8.27. The van der Waals surface area contributed by atoms with Crippen LogP contribution in [0.5, 0.6) is 0 Å². The molecule has 2 atom stereocenters. The van der Waals surface area contributed by atoms with E-state index < -0.39 is 0 Å². The Morgan fingerprint density at radius 3 is 2.68 bits per heavy atom. The molecule has 0 bridgehead atoms.